The molecule has 0 bridgehead atoms. The first-order valence-electron chi connectivity index (χ1n) is 8.71. The summed E-state index contributed by atoms with van der Waals surface area (Å²) in [6, 6.07) is 1.57. The molecule has 1 aliphatic rings. The lowest BCUT2D eigenvalue weighted by molar-refractivity contribution is 0.149. The molecule has 0 radical (unpaired) electrons. The molecule has 25 heavy (non-hydrogen) atoms. The minimum absolute atomic E-state index is 0.250. The fourth-order valence-electron chi connectivity index (χ4n) is 3.58. The third kappa shape index (κ3) is 3.73. The van der Waals surface area contributed by atoms with E-state index in [1.54, 1.807) is 17.7 Å². The Balaban J connectivity index is 1.71. The molecule has 0 N–H and O–H groups in total. The molecule has 0 amide bonds. The van der Waals surface area contributed by atoms with Crippen LogP contribution >= 0.6 is 0 Å². The molecule has 1 fully saturated rings. The second-order valence-electron chi connectivity index (χ2n) is 7.01. The number of nitrogens with zero attached hydrogens (tertiary/aromatic N) is 6. The maximum atomic E-state index is 12.1. The maximum Gasteiger partial charge on any atom is 0.330 e. The van der Waals surface area contributed by atoms with Gasteiger partial charge in [0, 0.05) is 45.5 Å². The number of likely N-dealkylation sites (tertiary alicyclic amines) is 1. The van der Waals surface area contributed by atoms with Crippen LogP contribution in [0.5, 0.6) is 0 Å². The van der Waals surface area contributed by atoms with Crippen LogP contribution in [0.3, 0.4) is 0 Å². The zero-order valence-electron chi connectivity index (χ0n) is 15.4. The molecular formula is C17H26N6O2. The Morgan fingerprint density at radius 2 is 1.96 bits per heavy atom. The lowest BCUT2D eigenvalue weighted by Crippen LogP contribution is -2.41. The number of aromatic nitrogens is 5. The van der Waals surface area contributed by atoms with Crippen LogP contribution in [0.4, 0.5) is 0 Å². The molecular weight excluding hydrogens is 320 g/mol. The van der Waals surface area contributed by atoms with Crippen LogP contribution in [0.15, 0.2) is 15.7 Å². The van der Waals surface area contributed by atoms with Crippen molar-refractivity contribution in [1.82, 2.24) is 28.8 Å². The second kappa shape index (κ2) is 6.95. The lowest BCUT2D eigenvalue weighted by atomic mass is 9.98. The summed E-state index contributed by atoms with van der Waals surface area (Å²) < 4.78 is 4.69. The zero-order chi connectivity index (χ0) is 18.1. The summed E-state index contributed by atoms with van der Waals surface area (Å²) in [5.74, 6) is 2.25. The van der Waals surface area contributed by atoms with E-state index in [-0.39, 0.29) is 11.2 Å². The van der Waals surface area contributed by atoms with E-state index in [0.29, 0.717) is 12.5 Å². The number of hydrogen-bond acceptors (Lipinski definition) is 5. The van der Waals surface area contributed by atoms with Gasteiger partial charge in [0.05, 0.1) is 0 Å². The average molecular weight is 346 g/mol. The van der Waals surface area contributed by atoms with Gasteiger partial charge in [-0.2, -0.15) is 5.10 Å². The number of hydrogen-bond donors (Lipinski definition) is 0. The topological polar surface area (TPSA) is 78.0 Å². The Morgan fingerprint density at radius 1 is 1.20 bits per heavy atom. The van der Waals surface area contributed by atoms with E-state index < -0.39 is 0 Å². The van der Waals surface area contributed by atoms with E-state index in [1.165, 1.54) is 7.05 Å². The Kier molecular flexibility index (Phi) is 4.89. The Bertz CT molecular complexity index is 878. The first kappa shape index (κ1) is 17.6. The molecule has 2 aromatic heterocycles. The van der Waals surface area contributed by atoms with Crippen LogP contribution in [0, 0.1) is 19.8 Å². The van der Waals surface area contributed by atoms with E-state index in [0.717, 1.165) is 54.4 Å². The van der Waals surface area contributed by atoms with Gasteiger partial charge in [0.1, 0.15) is 11.6 Å². The van der Waals surface area contributed by atoms with Crippen molar-refractivity contribution in [1.29, 1.82) is 0 Å². The Labute approximate surface area is 146 Å². The minimum atomic E-state index is -0.273. The molecule has 3 rings (SSSR count). The highest BCUT2D eigenvalue weighted by Gasteiger charge is 2.22. The third-order valence-corrected chi connectivity index (χ3v) is 5.01. The van der Waals surface area contributed by atoms with Crippen molar-refractivity contribution in [3.63, 3.8) is 0 Å². The van der Waals surface area contributed by atoms with E-state index in [2.05, 4.69) is 15.0 Å². The molecule has 8 nitrogen and oxygen atoms in total. The predicted octanol–water partition coefficient (Wildman–Crippen LogP) is 0.205. The van der Waals surface area contributed by atoms with Crippen molar-refractivity contribution in [3.05, 3.63) is 44.2 Å². The van der Waals surface area contributed by atoms with E-state index in [9.17, 15) is 9.59 Å². The molecule has 1 atom stereocenters. The maximum absolute atomic E-state index is 12.1. The summed E-state index contributed by atoms with van der Waals surface area (Å²) in [5, 5.41) is 4.46. The summed E-state index contributed by atoms with van der Waals surface area (Å²) in [5.41, 5.74) is 0.242. The summed E-state index contributed by atoms with van der Waals surface area (Å²) in [7, 11) is 3.23. The Hall–Kier alpha value is -2.22. The summed E-state index contributed by atoms with van der Waals surface area (Å²) in [6.07, 6.45) is 2.26. The molecule has 0 spiro atoms. The molecule has 1 saturated heterocycles. The first-order chi connectivity index (χ1) is 11.8. The molecule has 0 aromatic carbocycles. The Morgan fingerprint density at radius 3 is 2.64 bits per heavy atom. The minimum Gasteiger partial charge on any atom is -0.299 e. The van der Waals surface area contributed by atoms with Crippen LogP contribution in [0.1, 0.15) is 30.2 Å². The van der Waals surface area contributed by atoms with Gasteiger partial charge in [-0.05, 0) is 39.2 Å². The van der Waals surface area contributed by atoms with Crippen molar-refractivity contribution in [3.8, 4) is 0 Å². The van der Waals surface area contributed by atoms with Crippen molar-refractivity contribution < 1.29 is 0 Å². The number of piperidine rings is 1. The van der Waals surface area contributed by atoms with E-state index >= 15 is 0 Å². The highest BCUT2D eigenvalue weighted by Crippen LogP contribution is 2.20. The number of rotatable bonds is 4. The summed E-state index contributed by atoms with van der Waals surface area (Å²) in [6.45, 7) is 7.28. The van der Waals surface area contributed by atoms with Crippen molar-refractivity contribution in [2.24, 2.45) is 20.0 Å². The fraction of sp³-hybridized carbons (Fsp3) is 0.647. The number of aryl methyl sites for hydroxylation is 2. The van der Waals surface area contributed by atoms with E-state index in [1.807, 2.05) is 18.5 Å². The van der Waals surface area contributed by atoms with Crippen molar-refractivity contribution in [2.45, 2.75) is 39.8 Å². The molecule has 0 aliphatic carbocycles. The normalized spacial score (nSPS) is 18.6. The van der Waals surface area contributed by atoms with Gasteiger partial charge >= 0.3 is 5.69 Å². The highest BCUT2D eigenvalue weighted by atomic mass is 16.2. The smallest absolute Gasteiger partial charge is 0.299 e. The molecule has 136 valence electrons. The van der Waals surface area contributed by atoms with Crippen LogP contribution in [-0.4, -0.2) is 41.9 Å². The van der Waals surface area contributed by atoms with Crippen LogP contribution in [-0.2, 0) is 27.2 Å². The largest absolute Gasteiger partial charge is 0.330 e. The third-order valence-electron chi connectivity index (χ3n) is 5.01. The van der Waals surface area contributed by atoms with Crippen molar-refractivity contribution in [2.75, 3.05) is 13.1 Å². The van der Waals surface area contributed by atoms with Gasteiger partial charge in [0.15, 0.2) is 0 Å². The van der Waals surface area contributed by atoms with Crippen molar-refractivity contribution >= 4 is 0 Å². The fourth-order valence-corrected chi connectivity index (χ4v) is 3.58. The van der Waals surface area contributed by atoms with Gasteiger partial charge in [-0.1, -0.05) is 0 Å². The van der Waals surface area contributed by atoms with Crippen LogP contribution in [0.25, 0.3) is 0 Å². The zero-order valence-corrected chi connectivity index (χ0v) is 15.4. The van der Waals surface area contributed by atoms with Gasteiger partial charge in [-0.15, -0.1) is 0 Å². The molecule has 0 saturated carbocycles. The average Bonchev–Trinajstić information content (AvgIpc) is 2.88. The first-order valence-corrected chi connectivity index (χ1v) is 8.71. The van der Waals surface area contributed by atoms with Crippen LogP contribution < -0.4 is 11.2 Å². The SMILES string of the molecule is Cc1nc(C)n(C[C@H]2CCCN(Cc3cc(=O)n(C)c(=O)n3C)C2)n1. The van der Waals surface area contributed by atoms with E-state index in [4.69, 9.17) is 0 Å². The lowest BCUT2D eigenvalue weighted by Gasteiger charge is -2.33. The molecule has 0 unspecified atom stereocenters. The standard InChI is InChI=1S/C17H26N6O2/c1-12-18-13(2)23(19-12)10-14-6-5-7-22(9-14)11-15-8-16(24)21(4)17(25)20(15)3/h8,14H,5-7,9-11H2,1-4H3/t14-/m0/s1. The predicted molar refractivity (Wildman–Crippen MR) is 94.4 cm³/mol. The van der Waals surface area contributed by atoms with Gasteiger partial charge in [-0.3, -0.25) is 18.8 Å². The van der Waals surface area contributed by atoms with Gasteiger partial charge in [0.25, 0.3) is 5.56 Å². The molecule has 2 aromatic rings. The monoisotopic (exact) mass is 346 g/mol. The van der Waals surface area contributed by atoms with Gasteiger partial charge in [0.2, 0.25) is 0 Å². The van der Waals surface area contributed by atoms with Gasteiger partial charge in [-0.25, -0.2) is 14.5 Å². The highest BCUT2D eigenvalue weighted by molar-refractivity contribution is 5.02. The van der Waals surface area contributed by atoms with Crippen LogP contribution in [0.2, 0.25) is 0 Å². The molecule has 3 heterocycles. The summed E-state index contributed by atoms with van der Waals surface area (Å²) in [4.78, 5) is 30.7. The van der Waals surface area contributed by atoms with Gasteiger partial charge < -0.3 is 0 Å². The second-order valence-corrected chi connectivity index (χ2v) is 7.01. The quantitative estimate of drug-likeness (QED) is 0.791. The molecule has 8 heteroatoms. The summed E-state index contributed by atoms with van der Waals surface area (Å²) >= 11 is 0. The molecule has 1 aliphatic heterocycles.